The second-order valence-corrected chi connectivity index (χ2v) is 8.51. The summed E-state index contributed by atoms with van der Waals surface area (Å²) >= 11 is 0. The van der Waals surface area contributed by atoms with Crippen LogP contribution in [0.25, 0.3) is 6.08 Å². The quantitative estimate of drug-likeness (QED) is 0.825. The van der Waals surface area contributed by atoms with Gasteiger partial charge in [-0.25, -0.2) is 13.1 Å². The molecule has 7 heteroatoms. The molecule has 1 aromatic heterocycles. The van der Waals surface area contributed by atoms with E-state index in [2.05, 4.69) is 4.72 Å². The predicted octanol–water partition coefficient (Wildman–Crippen LogP) is 3.03. The lowest BCUT2D eigenvalue weighted by Gasteiger charge is -2.31. The molecule has 1 fully saturated rings. The number of furan rings is 1. The zero-order valence-corrected chi connectivity index (χ0v) is 16.1. The molecule has 0 atom stereocenters. The average Bonchev–Trinajstić information content (AvgIpc) is 3.21. The Kier molecular flexibility index (Phi) is 6.13. The molecule has 1 aliphatic rings. The largest absolute Gasteiger partial charge is 0.472 e. The van der Waals surface area contributed by atoms with E-state index in [1.54, 1.807) is 17.0 Å². The lowest BCUT2D eigenvalue weighted by Crippen LogP contribution is -2.41. The van der Waals surface area contributed by atoms with Crippen molar-refractivity contribution in [2.75, 3.05) is 19.6 Å². The molecule has 3 rings (SSSR count). The number of nitrogens with zero attached hydrogens (tertiary/aromatic N) is 1. The number of carbonyl (C=O) groups is 1. The number of sulfonamides is 1. The van der Waals surface area contributed by atoms with Gasteiger partial charge in [-0.1, -0.05) is 29.8 Å². The van der Waals surface area contributed by atoms with Gasteiger partial charge < -0.3 is 9.32 Å². The van der Waals surface area contributed by atoms with Crippen molar-refractivity contribution >= 4 is 22.0 Å². The van der Waals surface area contributed by atoms with E-state index in [1.165, 1.54) is 17.9 Å². The van der Waals surface area contributed by atoms with Crippen molar-refractivity contribution in [2.45, 2.75) is 19.8 Å². The minimum atomic E-state index is -3.48. The van der Waals surface area contributed by atoms with E-state index in [0.29, 0.717) is 25.2 Å². The van der Waals surface area contributed by atoms with Crippen LogP contribution in [0, 0.1) is 12.8 Å². The zero-order valence-electron chi connectivity index (χ0n) is 15.3. The molecule has 1 N–H and O–H groups in total. The number of rotatable bonds is 6. The molecule has 0 saturated carbocycles. The first-order chi connectivity index (χ1) is 12.9. The molecule has 27 heavy (non-hydrogen) atoms. The monoisotopic (exact) mass is 388 g/mol. The Balaban J connectivity index is 1.46. The SMILES string of the molecule is Cc1ccc(/C=C/S(=O)(=O)NCC2CCN(C(=O)c3ccoc3)CC2)cc1. The van der Waals surface area contributed by atoms with E-state index >= 15 is 0 Å². The maximum absolute atomic E-state index is 12.3. The van der Waals surface area contributed by atoms with Gasteiger partial charge in [0.05, 0.1) is 11.8 Å². The zero-order chi connectivity index (χ0) is 19.3. The number of piperidine rings is 1. The van der Waals surface area contributed by atoms with Crippen molar-refractivity contribution in [2.24, 2.45) is 5.92 Å². The summed E-state index contributed by atoms with van der Waals surface area (Å²) in [7, 11) is -3.48. The summed E-state index contributed by atoms with van der Waals surface area (Å²) < 4.78 is 31.9. The van der Waals surface area contributed by atoms with E-state index in [4.69, 9.17) is 4.42 Å². The van der Waals surface area contributed by atoms with Crippen LogP contribution >= 0.6 is 0 Å². The smallest absolute Gasteiger partial charge is 0.257 e. The molecule has 0 aliphatic carbocycles. The van der Waals surface area contributed by atoms with Gasteiger partial charge in [0.25, 0.3) is 5.91 Å². The molecule has 1 amide bonds. The number of likely N-dealkylation sites (tertiary alicyclic amines) is 1. The fraction of sp³-hybridized carbons (Fsp3) is 0.350. The van der Waals surface area contributed by atoms with Gasteiger partial charge in [0.15, 0.2) is 0 Å². The molecule has 0 unspecified atom stereocenters. The lowest BCUT2D eigenvalue weighted by atomic mass is 9.97. The highest BCUT2D eigenvalue weighted by Crippen LogP contribution is 2.19. The highest BCUT2D eigenvalue weighted by atomic mass is 32.2. The van der Waals surface area contributed by atoms with Crippen molar-refractivity contribution in [3.8, 4) is 0 Å². The number of amides is 1. The van der Waals surface area contributed by atoms with Crippen LogP contribution in [0.1, 0.15) is 34.3 Å². The summed E-state index contributed by atoms with van der Waals surface area (Å²) in [6.45, 7) is 3.61. The molecule has 144 valence electrons. The molecule has 6 nitrogen and oxygen atoms in total. The van der Waals surface area contributed by atoms with Gasteiger partial charge in [-0.05, 0) is 43.4 Å². The molecule has 1 saturated heterocycles. The van der Waals surface area contributed by atoms with Crippen LogP contribution in [0.5, 0.6) is 0 Å². The molecule has 2 aromatic rings. The van der Waals surface area contributed by atoms with Crippen LogP contribution in [-0.4, -0.2) is 38.9 Å². The molecule has 0 spiro atoms. The van der Waals surface area contributed by atoms with E-state index in [0.717, 1.165) is 24.0 Å². The highest BCUT2D eigenvalue weighted by molar-refractivity contribution is 7.92. The van der Waals surface area contributed by atoms with E-state index in [9.17, 15) is 13.2 Å². The molecular weight excluding hydrogens is 364 g/mol. The van der Waals surface area contributed by atoms with Crippen LogP contribution in [0.2, 0.25) is 0 Å². The first-order valence-electron chi connectivity index (χ1n) is 8.99. The van der Waals surface area contributed by atoms with Gasteiger partial charge in [-0.3, -0.25) is 4.79 Å². The number of benzene rings is 1. The normalized spacial score (nSPS) is 16.1. The summed E-state index contributed by atoms with van der Waals surface area (Å²) in [6, 6.07) is 9.31. The number of hydrogen-bond acceptors (Lipinski definition) is 4. The Morgan fingerprint density at radius 3 is 2.56 bits per heavy atom. The van der Waals surface area contributed by atoms with Crippen LogP contribution in [0.3, 0.4) is 0 Å². The Morgan fingerprint density at radius 1 is 1.22 bits per heavy atom. The molecule has 1 aliphatic heterocycles. The van der Waals surface area contributed by atoms with Gasteiger partial charge in [0, 0.05) is 25.0 Å². The summed E-state index contributed by atoms with van der Waals surface area (Å²) in [6.07, 6.45) is 6.07. The van der Waals surface area contributed by atoms with Gasteiger partial charge in [-0.2, -0.15) is 0 Å². The third-order valence-corrected chi connectivity index (χ3v) is 5.82. The fourth-order valence-corrected chi connectivity index (χ4v) is 3.94. The summed E-state index contributed by atoms with van der Waals surface area (Å²) in [5.74, 6) is 0.185. The van der Waals surface area contributed by atoms with Crippen molar-refractivity contribution in [1.29, 1.82) is 0 Å². The Labute approximate surface area is 159 Å². The van der Waals surface area contributed by atoms with E-state index in [-0.39, 0.29) is 11.8 Å². The van der Waals surface area contributed by atoms with Crippen molar-refractivity contribution in [3.05, 3.63) is 65.0 Å². The predicted molar refractivity (Wildman–Crippen MR) is 104 cm³/mol. The lowest BCUT2D eigenvalue weighted by molar-refractivity contribution is 0.0691. The first kappa shape index (κ1) is 19.4. The third-order valence-electron chi connectivity index (χ3n) is 4.76. The van der Waals surface area contributed by atoms with Gasteiger partial charge in [-0.15, -0.1) is 0 Å². The van der Waals surface area contributed by atoms with Crippen molar-refractivity contribution < 1.29 is 17.6 Å². The van der Waals surface area contributed by atoms with Gasteiger partial charge in [0.1, 0.15) is 6.26 Å². The number of aryl methyl sites for hydroxylation is 1. The number of hydrogen-bond donors (Lipinski definition) is 1. The maximum atomic E-state index is 12.3. The number of nitrogens with one attached hydrogen (secondary N) is 1. The van der Waals surface area contributed by atoms with Crippen LogP contribution < -0.4 is 4.72 Å². The Morgan fingerprint density at radius 2 is 1.93 bits per heavy atom. The fourth-order valence-electron chi connectivity index (χ4n) is 3.04. The molecule has 1 aromatic carbocycles. The van der Waals surface area contributed by atoms with Crippen LogP contribution in [-0.2, 0) is 10.0 Å². The van der Waals surface area contributed by atoms with Crippen molar-refractivity contribution in [1.82, 2.24) is 9.62 Å². The first-order valence-corrected chi connectivity index (χ1v) is 10.5. The summed E-state index contributed by atoms with van der Waals surface area (Å²) in [5.41, 5.74) is 2.53. The standard InChI is InChI=1S/C20H24N2O4S/c1-16-2-4-17(5-3-16)9-13-27(24,25)21-14-18-6-10-22(11-7-18)20(23)19-8-12-26-15-19/h2-5,8-9,12-13,15,18,21H,6-7,10-11,14H2,1H3/b13-9+. The Hall–Kier alpha value is -2.38. The van der Waals surface area contributed by atoms with E-state index in [1.807, 2.05) is 31.2 Å². The maximum Gasteiger partial charge on any atom is 0.257 e. The van der Waals surface area contributed by atoms with Gasteiger partial charge in [0.2, 0.25) is 10.0 Å². The molecule has 0 bridgehead atoms. The minimum Gasteiger partial charge on any atom is -0.472 e. The molecule has 0 radical (unpaired) electrons. The summed E-state index contributed by atoms with van der Waals surface area (Å²) in [5, 5.41) is 1.20. The summed E-state index contributed by atoms with van der Waals surface area (Å²) in [4.78, 5) is 14.1. The van der Waals surface area contributed by atoms with Crippen LogP contribution in [0.4, 0.5) is 0 Å². The molecule has 2 heterocycles. The van der Waals surface area contributed by atoms with Gasteiger partial charge >= 0.3 is 0 Å². The van der Waals surface area contributed by atoms with Crippen molar-refractivity contribution in [3.63, 3.8) is 0 Å². The third kappa shape index (κ3) is 5.55. The topological polar surface area (TPSA) is 79.6 Å². The minimum absolute atomic E-state index is 0.0381. The highest BCUT2D eigenvalue weighted by Gasteiger charge is 2.24. The van der Waals surface area contributed by atoms with Crippen LogP contribution in [0.15, 0.2) is 52.7 Å². The average molecular weight is 388 g/mol. The Bertz CT molecular complexity index is 879. The second kappa shape index (κ2) is 8.54. The number of carbonyl (C=O) groups excluding carboxylic acids is 1. The molecular formula is C20H24N2O4S. The van der Waals surface area contributed by atoms with E-state index < -0.39 is 10.0 Å². The second-order valence-electron chi connectivity index (χ2n) is 6.85.